The maximum Gasteiger partial charge on any atom is 0.261 e. The number of rotatable bonds is 3. The van der Waals surface area contributed by atoms with Gasteiger partial charge >= 0.3 is 0 Å². The zero-order chi connectivity index (χ0) is 10.8. The summed E-state index contributed by atoms with van der Waals surface area (Å²) in [6.45, 7) is 4.21. The lowest BCUT2D eigenvalue weighted by molar-refractivity contribution is 0.0920. The Bertz CT molecular complexity index is 335. The highest BCUT2D eigenvalue weighted by Gasteiger charge is 2.19. The first kappa shape index (κ1) is 11.7. The van der Waals surface area contributed by atoms with Crippen molar-refractivity contribution in [3.05, 3.63) is 20.8 Å². The molecule has 1 heterocycles. The third-order valence-corrected chi connectivity index (χ3v) is 3.38. The van der Waals surface area contributed by atoms with Crippen LogP contribution in [0.5, 0.6) is 0 Å². The van der Waals surface area contributed by atoms with E-state index < -0.39 is 0 Å². The predicted octanol–water partition coefficient (Wildman–Crippen LogP) is 1.98. The highest BCUT2D eigenvalue weighted by molar-refractivity contribution is 9.11. The number of hydrogen-bond donors (Lipinski definition) is 2. The standard InChI is InChI=1S/C9H13BrN2OS/c1-9(2,5-11)12-8(13)6-3-4-7(10)14-6/h3-4H,5,11H2,1-2H3,(H,12,13). The van der Waals surface area contributed by atoms with Gasteiger partial charge in [0.1, 0.15) is 0 Å². The Labute approximate surface area is 95.8 Å². The Morgan fingerprint density at radius 2 is 2.29 bits per heavy atom. The van der Waals surface area contributed by atoms with E-state index in [4.69, 9.17) is 5.73 Å². The molecule has 1 aromatic heterocycles. The van der Waals surface area contributed by atoms with Crippen LogP contribution in [-0.4, -0.2) is 18.0 Å². The van der Waals surface area contributed by atoms with Crippen LogP contribution in [-0.2, 0) is 0 Å². The van der Waals surface area contributed by atoms with Gasteiger partial charge in [-0.25, -0.2) is 0 Å². The number of hydrogen-bond acceptors (Lipinski definition) is 3. The Morgan fingerprint density at radius 1 is 1.64 bits per heavy atom. The highest BCUT2D eigenvalue weighted by Crippen LogP contribution is 2.22. The number of thiophene rings is 1. The molecule has 0 bridgehead atoms. The molecule has 0 aliphatic carbocycles. The molecule has 3 N–H and O–H groups in total. The second-order valence-electron chi connectivity index (χ2n) is 3.65. The summed E-state index contributed by atoms with van der Waals surface area (Å²) in [5.41, 5.74) is 5.16. The predicted molar refractivity (Wildman–Crippen MR) is 62.6 cm³/mol. The topological polar surface area (TPSA) is 55.1 Å². The molecule has 5 heteroatoms. The molecular weight excluding hydrogens is 264 g/mol. The van der Waals surface area contributed by atoms with Crippen molar-refractivity contribution in [3.8, 4) is 0 Å². The molecule has 0 fully saturated rings. The Balaban J connectivity index is 2.68. The molecule has 0 unspecified atom stereocenters. The number of amides is 1. The molecule has 0 atom stereocenters. The van der Waals surface area contributed by atoms with E-state index in [9.17, 15) is 4.79 Å². The molecule has 1 amide bonds. The molecule has 0 aromatic carbocycles. The zero-order valence-corrected chi connectivity index (χ0v) is 10.5. The summed E-state index contributed by atoms with van der Waals surface area (Å²) < 4.78 is 0.952. The van der Waals surface area contributed by atoms with Crippen LogP contribution in [0.15, 0.2) is 15.9 Å². The van der Waals surface area contributed by atoms with Crippen molar-refractivity contribution in [2.45, 2.75) is 19.4 Å². The van der Waals surface area contributed by atoms with Crippen molar-refractivity contribution in [1.82, 2.24) is 5.32 Å². The average Bonchev–Trinajstić information content (AvgIpc) is 2.51. The van der Waals surface area contributed by atoms with Gasteiger partial charge in [0.05, 0.1) is 8.66 Å². The third kappa shape index (κ3) is 3.08. The van der Waals surface area contributed by atoms with Crippen molar-refractivity contribution < 1.29 is 4.79 Å². The summed E-state index contributed by atoms with van der Waals surface area (Å²) in [5.74, 6) is -0.0730. The number of halogens is 1. The van der Waals surface area contributed by atoms with E-state index in [0.717, 1.165) is 3.79 Å². The first-order valence-corrected chi connectivity index (χ1v) is 5.83. The molecule has 1 aromatic rings. The van der Waals surface area contributed by atoms with Crippen LogP contribution in [0.3, 0.4) is 0 Å². The average molecular weight is 277 g/mol. The molecule has 78 valence electrons. The minimum atomic E-state index is -0.354. The van der Waals surface area contributed by atoms with Crippen molar-refractivity contribution in [2.75, 3.05) is 6.54 Å². The largest absolute Gasteiger partial charge is 0.345 e. The van der Waals surface area contributed by atoms with Gasteiger partial charge in [-0.05, 0) is 41.9 Å². The molecule has 1 rings (SSSR count). The maximum atomic E-state index is 11.7. The number of carbonyl (C=O) groups excluding carboxylic acids is 1. The molecule has 0 radical (unpaired) electrons. The fourth-order valence-corrected chi connectivity index (χ4v) is 2.14. The van der Waals surface area contributed by atoms with Crippen molar-refractivity contribution in [2.24, 2.45) is 5.73 Å². The monoisotopic (exact) mass is 276 g/mol. The molecule has 0 aliphatic heterocycles. The van der Waals surface area contributed by atoms with Gasteiger partial charge in [0, 0.05) is 12.1 Å². The molecule has 14 heavy (non-hydrogen) atoms. The van der Waals surface area contributed by atoms with Crippen molar-refractivity contribution >= 4 is 33.2 Å². The summed E-state index contributed by atoms with van der Waals surface area (Å²) >= 11 is 4.72. The third-order valence-electron chi connectivity index (χ3n) is 1.76. The number of nitrogens with one attached hydrogen (secondary N) is 1. The van der Waals surface area contributed by atoms with Gasteiger partial charge in [-0.15, -0.1) is 11.3 Å². The van der Waals surface area contributed by atoms with Crippen LogP contribution in [0, 0.1) is 0 Å². The van der Waals surface area contributed by atoms with E-state index in [0.29, 0.717) is 11.4 Å². The molecule has 3 nitrogen and oxygen atoms in total. The fourth-order valence-electron chi connectivity index (χ4n) is 0.856. The van der Waals surface area contributed by atoms with E-state index in [2.05, 4.69) is 21.2 Å². The lowest BCUT2D eigenvalue weighted by atomic mass is 10.1. The van der Waals surface area contributed by atoms with E-state index >= 15 is 0 Å². The van der Waals surface area contributed by atoms with Crippen LogP contribution >= 0.6 is 27.3 Å². The summed E-state index contributed by atoms with van der Waals surface area (Å²) in [6, 6.07) is 3.64. The first-order valence-electron chi connectivity index (χ1n) is 4.22. The second-order valence-corrected chi connectivity index (χ2v) is 6.11. The van der Waals surface area contributed by atoms with E-state index in [1.54, 1.807) is 6.07 Å². The fraction of sp³-hybridized carbons (Fsp3) is 0.444. The van der Waals surface area contributed by atoms with Gasteiger partial charge in [0.15, 0.2) is 0 Å². The molecule has 0 saturated heterocycles. The van der Waals surface area contributed by atoms with Crippen molar-refractivity contribution in [3.63, 3.8) is 0 Å². The molecule has 0 spiro atoms. The van der Waals surface area contributed by atoms with Gasteiger partial charge in [-0.3, -0.25) is 4.79 Å². The Hall–Kier alpha value is -0.390. The van der Waals surface area contributed by atoms with E-state index in [-0.39, 0.29) is 11.4 Å². The Kier molecular flexibility index (Phi) is 3.69. The highest BCUT2D eigenvalue weighted by atomic mass is 79.9. The van der Waals surface area contributed by atoms with Crippen LogP contribution in [0.2, 0.25) is 0 Å². The minimum absolute atomic E-state index is 0.0730. The van der Waals surface area contributed by atoms with E-state index in [1.165, 1.54) is 11.3 Å². The lowest BCUT2D eigenvalue weighted by Gasteiger charge is -2.23. The van der Waals surface area contributed by atoms with Crippen LogP contribution in [0.1, 0.15) is 23.5 Å². The van der Waals surface area contributed by atoms with Crippen LogP contribution in [0.4, 0.5) is 0 Å². The Morgan fingerprint density at radius 3 is 2.71 bits per heavy atom. The first-order chi connectivity index (χ1) is 6.44. The summed E-state index contributed by atoms with van der Waals surface area (Å²) in [6.07, 6.45) is 0. The lowest BCUT2D eigenvalue weighted by Crippen LogP contribution is -2.48. The minimum Gasteiger partial charge on any atom is -0.345 e. The van der Waals surface area contributed by atoms with Crippen LogP contribution in [0.25, 0.3) is 0 Å². The summed E-state index contributed by atoms with van der Waals surface area (Å²) in [5, 5.41) is 2.86. The quantitative estimate of drug-likeness (QED) is 0.887. The van der Waals surface area contributed by atoms with Crippen LogP contribution < -0.4 is 11.1 Å². The molecular formula is C9H13BrN2OS. The number of carbonyl (C=O) groups is 1. The second kappa shape index (κ2) is 4.42. The van der Waals surface area contributed by atoms with Gasteiger partial charge in [-0.1, -0.05) is 0 Å². The zero-order valence-electron chi connectivity index (χ0n) is 8.13. The van der Waals surface area contributed by atoms with Gasteiger partial charge in [0.25, 0.3) is 5.91 Å². The number of nitrogens with two attached hydrogens (primary N) is 1. The van der Waals surface area contributed by atoms with Crippen molar-refractivity contribution in [1.29, 1.82) is 0 Å². The summed E-state index contributed by atoms with van der Waals surface area (Å²) in [7, 11) is 0. The van der Waals surface area contributed by atoms with Gasteiger partial charge in [0.2, 0.25) is 0 Å². The van der Waals surface area contributed by atoms with Gasteiger partial charge < -0.3 is 11.1 Å². The smallest absolute Gasteiger partial charge is 0.261 e. The summed E-state index contributed by atoms with van der Waals surface area (Å²) in [4.78, 5) is 12.3. The molecule has 0 saturated carbocycles. The van der Waals surface area contributed by atoms with E-state index in [1.807, 2.05) is 19.9 Å². The maximum absolute atomic E-state index is 11.7. The normalized spacial score (nSPS) is 11.4. The van der Waals surface area contributed by atoms with Gasteiger partial charge in [-0.2, -0.15) is 0 Å². The SMILES string of the molecule is CC(C)(CN)NC(=O)c1ccc(Br)s1. The molecule has 0 aliphatic rings.